The van der Waals surface area contributed by atoms with Crippen molar-refractivity contribution in [2.24, 2.45) is 0 Å². The van der Waals surface area contributed by atoms with Crippen molar-refractivity contribution in [3.63, 3.8) is 0 Å². The maximum Gasteiger partial charge on any atom is 0.329 e. The van der Waals surface area contributed by atoms with Gasteiger partial charge < -0.3 is 5.32 Å². The van der Waals surface area contributed by atoms with Gasteiger partial charge in [-0.25, -0.2) is 9.37 Å². The van der Waals surface area contributed by atoms with Gasteiger partial charge >= 0.3 is 5.69 Å². The highest BCUT2D eigenvalue weighted by Crippen LogP contribution is 2.21. The Morgan fingerprint density at radius 1 is 1.35 bits per heavy atom. The van der Waals surface area contributed by atoms with E-state index >= 15 is 0 Å². The minimum atomic E-state index is -0.587. The molecule has 104 valence electrons. The van der Waals surface area contributed by atoms with Crippen molar-refractivity contribution in [3.05, 3.63) is 57.2 Å². The summed E-state index contributed by atoms with van der Waals surface area (Å²) in [5.74, 6) is -0.239. The number of nitrogens with zero attached hydrogens (tertiary/aromatic N) is 3. The maximum absolute atomic E-state index is 12.7. The summed E-state index contributed by atoms with van der Waals surface area (Å²) in [6, 6.07) is 6.02. The summed E-state index contributed by atoms with van der Waals surface area (Å²) in [6.07, 6.45) is 1.62. The highest BCUT2D eigenvalue weighted by molar-refractivity contribution is 6.28. The highest BCUT2D eigenvalue weighted by Gasteiger charge is 2.16. The molecule has 2 rings (SSSR count). The number of hydrogen-bond acceptors (Lipinski definition) is 5. The van der Waals surface area contributed by atoms with Crippen LogP contribution >= 0.6 is 11.6 Å². The van der Waals surface area contributed by atoms with E-state index in [0.29, 0.717) is 13.0 Å². The van der Waals surface area contributed by atoms with Crippen LogP contribution in [0.25, 0.3) is 0 Å². The van der Waals surface area contributed by atoms with Gasteiger partial charge in [0, 0.05) is 6.54 Å². The van der Waals surface area contributed by atoms with Crippen LogP contribution < -0.4 is 5.32 Å². The zero-order chi connectivity index (χ0) is 14.5. The second-order valence-electron chi connectivity index (χ2n) is 3.93. The summed E-state index contributed by atoms with van der Waals surface area (Å²) >= 11 is 5.61. The molecule has 1 heterocycles. The number of hydrogen-bond donors (Lipinski definition) is 1. The molecular weight excluding hydrogens is 287 g/mol. The van der Waals surface area contributed by atoms with Gasteiger partial charge in [-0.2, -0.15) is 4.98 Å². The second kappa shape index (κ2) is 6.25. The van der Waals surface area contributed by atoms with Crippen molar-refractivity contribution in [1.29, 1.82) is 0 Å². The smallest absolute Gasteiger partial charge is 0.329 e. The quantitative estimate of drug-likeness (QED) is 0.521. The van der Waals surface area contributed by atoms with E-state index in [1.165, 1.54) is 12.1 Å². The third-order valence-electron chi connectivity index (χ3n) is 2.56. The van der Waals surface area contributed by atoms with Gasteiger partial charge in [0.15, 0.2) is 0 Å². The van der Waals surface area contributed by atoms with Crippen LogP contribution in [0.15, 0.2) is 30.5 Å². The third-order valence-corrected chi connectivity index (χ3v) is 2.74. The van der Waals surface area contributed by atoms with Crippen LogP contribution in [0.4, 0.5) is 15.9 Å². The highest BCUT2D eigenvalue weighted by atomic mass is 35.5. The monoisotopic (exact) mass is 296 g/mol. The molecule has 8 heteroatoms. The summed E-state index contributed by atoms with van der Waals surface area (Å²) in [5, 5.41) is 13.6. The minimum Gasteiger partial charge on any atom is -0.364 e. The first-order valence-electron chi connectivity index (χ1n) is 5.71. The average Bonchev–Trinajstić information content (AvgIpc) is 2.41. The van der Waals surface area contributed by atoms with Crippen molar-refractivity contribution in [3.8, 4) is 0 Å². The first-order chi connectivity index (χ1) is 9.56. The number of benzene rings is 1. The number of halogens is 2. The molecule has 2 aromatic rings. The van der Waals surface area contributed by atoms with E-state index < -0.39 is 4.92 Å². The van der Waals surface area contributed by atoms with Crippen molar-refractivity contribution in [1.82, 2.24) is 9.97 Å². The van der Waals surface area contributed by atoms with E-state index in [0.717, 1.165) is 11.8 Å². The first-order valence-corrected chi connectivity index (χ1v) is 6.09. The zero-order valence-electron chi connectivity index (χ0n) is 10.2. The Hall–Kier alpha value is -2.28. The van der Waals surface area contributed by atoms with Gasteiger partial charge in [-0.3, -0.25) is 10.1 Å². The molecule has 0 radical (unpaired) electrons. The Balaban J connectivity index is 2.02. The molecule has 0 atom stereocenters. The van der Waals surface area contributed by atoms with E-state index in [2.05, 4.69) is 15.3 Å². The van der Waals surface area contributed by atoms with Gasteiger partial charge in [-0.1, -0.05) is 12.1 Å². The van der Waals surface area contributed by atoms with Crippen LogP contribution in [0.2, 0.25) is 5.28 Å². The predicted molar refractivity (Wildman–Crippen MR) is 72.3 cm³/mol. The van der Waals surface area contributed by atoms with E-state index in [-0.39, 0.29) is 22.6 Å². The molecule has 0 saturated heterocycles. The molecular formula is C12H10ClFN4O2. The molecule has 1 aromatic carbocycles. The Labute approximate surface area is 118 Å². The molecule has 0 aliphatic rings. The lowest BCUT2D eigenvalue weighted by atomic mass is 10.1. The first kappa shape index (κ1) is 14.1. The van der Waals surface area contributed by atoms with E-state index in [1.54, 1.807) is 12.1 Å². The van der Waals surface area contributed by atoms with Gasteiger partial charge in [-0.15, -0.1) is 0 Å². The molecule has 0 bridgehead atoms. The topological polar surface area (TPSA) is 81.0 Å². The van der Waals surface area contributed by atoms with E-state index in [4.69, 9.17) is 11.6 Å². The van der Waals surface area contributed by atoms with E-state index in [1.807, 2.05) is 0 Å². The number of anilines is 1. The molecule has 0 amide bonds. The zero-order valence-corrected chi connectivity index (χ0v) is 11.0. The molecule has 6 nitrogen and oxygen atoms in total. The molecule has 0 fully saturated rings. The van der Waals surface area contributed by atoms with Crippen LogP contribution in [0.3, 0.4) is 0 Å². The van der Waals surface area contributed by atoms with Gasteiger partial charge in [0.2, 0.25) is 11.1 Å². The average molecular weight is 297 g/mol. The standard InChI is InChI=1S/C12H10ClFN4O2/c13-12-16-7-10(18(19)20)11(17-12)15-6-5-8-1-3-9(14)4-2-8/h1-4,7H,5-6H2,(H,15,16,17). The molecule has 0 aliphatic heterocycles. The summed E-state index contributed by atoms with van der Waals surface area (Å²) in [6.45, 7) is 0.403. The molecule has 1 N–H and O–H groups in total. The molecule has 0 spiro atoms. The maximum atomic E-state index is 12.7. The summed E-state index contributed by atoms with van der Waals surface area (Å²) in [7, 11) is 0. The SMILES string of the molecule is O=[N+]([O-])c1cnc(Cl)nc1NCCc1ccc(F)cc1. The van der Waals surface area contributed by atoms with Crippen LogP contribution in [0.5, 0.6) is 0 Å². The fourth-order valence-electron chi connectivity index (χ4n) is 1.59. The van der Waals surface area contributed by atoms with Gasteiger partial charge in [0.25, 0.3) is 0 Å². The lowest BCUT2D eigenvalue weighted by Crippen LogP contribution is -2.09. The normalized spacial score (nSPS) is 10.3. The van der Waals surface area contributed by atoms with Crippen molar-refractivity contribution in [2.45, 2.75) is 6.42 Å². The summed E-state index contributed by atoms with van der Waals surface area (Å²) < 4.78 is 12.7. The van der Waals surface area contributed by atoms with Crippen LogP contribution in [-0.4, -0.2) is 21.4 Å². The van der Waals surface area contributed by atoms with Crippen LogP contribution in [-0.2, 0) is 6.42 Å². The lowest BCUT2D eigenvalue weighted by molar-refractivity contribution is -0.384. The number of nitrogens with one attached hydrogen (secondary N) is 1. The number of rotatable bonds is 5. The van der Waals surface area contributed by atoms with Crippen molar-refractivity contribution in [2.75, 3.05) is 11.9 Å². The van der Waals surface area contributed by atoms with Crippen molar-refractivity contribution >= 4 is 23.1 Å². The second-order valence-corrected chi connectivity index (χ2v) is 4.27. The van der Waals surface area contributed by atoms with Gasteiger partial charge in [0.05, 0.1) is 4.92 Å². The Morgan fingerprint density at radius 3 is 2.70 bits per heavy atom. The van der Waals surface area contributed by atoms with Crippen molar-refractivity contribution < 1.29 is 9.31 Å². The number of nitro groups is 1. The molecule has 0 aliphatic carbocycles. The fourth-order valence-corrected chi connectivity index (χ4v) is 1.73. The minimum absolute atomic E-state index is 0.0668. The molecule has 0 saturated carbocycles. The van der Waals surface area contributed by atoms with Crippen LogP contribution in [0, 0.1) is 15.9 Å². The number of aromatic nitrogens is 2. The molecule has 1 aromatic heterocycles. The van der Waals surface area contributed by atoms with Gasteiger partial charge in [-0.05, 0) is 35.7 Å². The third kappa shape index (κ3) is 3.61. The fraction of sp³-hybridized carbons (Fsp3) is 0.167. The summed E-state index contributed by atoms with van der Waals surface area (Å²) in [4.78, 5) is 17.6. The lowest BCUT2D eigenvalue weighted by Gasteiger charge is -2.06. The Morgan fingerprint density at radius 2 is 2.05 bits per heavy atom. The largest absolute Gasteiger partial charge is 0.364 e. The van der Waals surface area contributed by atoms with E-state index in [9.17, 15) is 14.5 Å². The Kier molecular flexibility index (Phi) is 4.41. The van der Waals surface area contributed by atoms with Crippen LogP contribution in [0.1, 0.15) is 5.56 Å². The summed E-state index contributed by atoms with van der Waals surface area (Å²) in [5.41, 5.74) is 0.662. The molecule has 0 unspecified atom stereocenters. The molecule has 20 heavy (non-hydrogen) atoms. The van der Waals surface area contributed by atoms with Gasteiger partial charge in [0.1, 0.15) is 12.0 Å². The predicted octanol–water partition coefficient (Wildman–Crippen LogP) is 2.83. The Bertz CT molecular complexity index is 621.